The van der Waals surface area contributed by atoms with E-state index in [4.69, 9.17) is 0 Å². The third-order valence-corrected chi connectivity index (χ3v) is 12.2. The molecule has 1 amide bonds. The fraction of sp³-hybridized carbons (Fsp3) is 0.760. The standard InChI is InChI=1S/C50H84N2O4S/c1-4-6-8-10-12-14-16-18-20-22-24-26-28-30-32-34-36-44-42-45(37-35-33-31-29-27-25-23-21-19-17-15-13-11-9-7-5-2)49(53)48(43-44)50(54)51-46-38-40-47(41-39-46)52-57(3,55)56/h38-43,45H,4-37H2,1-3H3. The molecule has 0 fully saturated rings. The molecule has 1 unspecified atom stereocenters. The van der Waals surface area contributed by atoms with E-state index < -0.39 is 15.9 Å². The Hall–Kier alpha value is -2.41. The lowest BCUT2D eigenvalue weighted by Crippen LogP contribution is -2.24. The first kappa shape index (κ1) is 50.7. The van der Waals surface area contributed by atoms with Crippen molar-refractivity contribution in [1.82, 2.24) is 0 Å². The first-order valence-electron chi connectivity index (χ1n) is 24.0. The molecular weight excluding hydrogens is 725 g/mol. The molecule has 0 aliphatic heterocycles. The highest BCUT2D eigenvalue weighted by Gasteiger charge is 2.29. The summed E-state index contributed by atoms with van der Waals surface area (Å²) in [6.45, 7) is 4.56. The number of Topliss-reactive ketones (excluding diaryl/α,β-unsaturated/α-hetero) is 1. The van der Waals surface area contributed by atoms with Gasteiger partial charge in [-0.1, -0.05) is 225 Å². The topological polar surface area (TPSA) is 93.0 Å². The van der Waals surface area contributed by atoms with Gasteiger partial charge in [0.1, 0.15) is 0 Å². The minimum Gasteiger partial charge on any atom is -0.293 e. The summed E-state index contributed by atoms with van der Waals surface area (Å²) < 4.78 is 26.7. The highest BCUT2D eigenvalue weighted by atomic mass is 32.2. The molecule has 0 N–H and O–H groups in total. The van der Waals surface area contributed by atoms with Crippen LogP contribution >= 0.6 is 0 Å². The molecule has 7 heteroatoms. The number of sulfonamides is 1. The second-order valence-corrected chi connectivity index (χ2v) is 18.8. The van der Waals surface area contributed by atoms with Crippen LogP contribution in [-0.4, -0.2) is 37.8 Å². The minimum absolute atomic E-state index is 0.121. The van der Waals surface area contributed by atoms with E-state index in [-0.39, 0.29) is 23.0 Å². The van der Waals surface area contributed by atoms with Crippen molar-refractivity contribution >= 4 is 33.1 Å². The molecule has 0 saturated heterocycles. The van der Waals surface area contributed by atoms with Crippen molar-refractivity contribution in [2.75, 3.05) is 6.26 Å². The van der Waals surface area contributed by atoms with Crippen molar-refractivity contribution in [2.45, 2.75) is 232 Å². The van der Waals surface area contributed by atoms with Gasteiger partial charge in [0.05, 0.1) is 23.3 Å². The maximum Gasteiger partial charge on any atom is 0.281 e. The van der Waals surface area contributed by atoms with Gasteiger partial charge in [-0.25, -0.2) is 13.4 Å². The van der Waals surface area contributed by atoms with Gasteiger partial charge in [0.25, 0.3) is 15.9 Å². The molecule has 0 spiro atoms. The number of unbranched alkanes of at least 4 members (excludes halogenated alkanes) is 30. The van der Waals surface area contributed by atoms with Crippen molar-refractivity contribution in [1.29, 1.82) is 0 Å². The lowest BCUT2D eigenvalue weighted by atomic mass is 9.83. The van der Waals surface area contributed by atoms with E-state index in [1.54, 1.807) is 18.2 Å². The van der Waals surface area contributed by atoms with Gasteiger partial charge < -0.3 is 0 Å². The largest absolute Gasteiger partial charge is 0.293 e. The molecular formula is C50H84N2O4S. The number of ketones is 1. The summed E-state index contributed by atoms with van der Waals surface area (Å²) in [7, 11) is -3.53. The number of hydrogen-bond acceptors (Lipinski definition) is 4. The number of hydrogen-bond donors (Lipinski definition) is 0. The van der Waals surface area contributed by atoms with Crippen molar-refractivity contribution in [3.63, 3.8) is 0 Å². The Labute approximate surface area is 351 Å². The number of rotatable bonds is 36. The average Bonchev–Trinajstić information content (AvgIpc) is 3.18. The molecule has 0 aromatic carbocycles. The van der Waals surface area contributed by atoms with Gasteiger partial charge in [0.2, 0.25) is 0 Å². The van der Waals surface area contributed by atoms with Crippen LogP contribution < -0.4 is 0 Å². The maximum absolute atomic E-state index is 13.7. The van der Waals surface area contributed by atoms with Crippen molar-refractivity contribution < 1.29 is 18.0 Å². The second-order valence-electron chi connectivity index (χ2n) is 17.2. The second kappa shape index (κ2) is 33.4. The number of carbonyl (C=O) groups is 2. The number of aliphatic imine (C=N–C) groups is 1. The Morgan fingerprint density at radius 3 is 1.26 bits per heavy atom. The van der Waals surface area contributed by atoms with Gasteiger partial charge >= 0.3 is 0 Å². The van der Waals surface area contributed by atoms with Crippen molar-refractivity contribution in [2.24, 2.45) is 15.3 Å². The predicted octanol–water partition coefficient (Wildman–Crippen LogP) is 14.8. The molecule has 1 atom stereocenters. The Kier molecular flexibility index (Phi) is 29.7. The van der Waals surface area contributed by atoms with Crippen molar-refractivity contribution in [3.8, 4) is 0 Å². The zero-order valence-corrected chi connectivity index (χ0v) is 37.8. The molecule has 0 saturated carbocycles. The smallest absolute Gasteiger partial charge is 0.281 e. The van der Waals surface area contributed by atoms with Gasteiger partial charge in [-0.05, 0) is 49.6 Å². The molecule has 0 radical (unpaired) electrons. The van der Waals surface area contributed by atoms with Crippen LogP contribution in [0.3, 0.4) is 0 Å². The quantitative estimate of drug-likeness (QED) is 0.0358. The van der Waals surface area contributed by atoms with Crippen LogP contribution in [0.25, 0.3) is 0 Å². The number of amides is 1. The lowest BCUT2D eigenvalue weighted by Gasteiger charge is -2.20. The molecule has 0 bridgehead atoms. The number of allylic oxidation sites excluding steroid dienone is 7. The molecule has 0 heterocycles. The summed E-state index contributed by atoms with van der Waals surface area (Å²) in [5.74, 6) is -0.922. The molecule has 57 heavy (non-hydrogen) atoms. The zero-order chi connectivity index (χ0) is 41.2. The van der Waals surface area contributed by atoms with Crippen LogP contribution in [0.2, 0.25) is 0 Å². The summed E-state index contributed by atoms with van der Waals surface area (Å²) in [5, 5.41) is 0. The van der Waals surface area contributed by atoms with Crippen LogP contribution in [0.1, 0.15) is 232 Å². The third-order valence-electron chi connectivity index (χ3n) is 11.6. The Morgan fingerprint density at radius 1 is 0.526 bits per heavy atom. The fourth-order valence-corrected chi connectivity index (χ4v) is 8.63. The monoisotopic (exact) mass is 809 g/mol. The summed E-state index contributed by atoms with van der Waals surface area (Å²) >= 11 is 0. The van der Waals surface area contributed by atoms with Crippen LogP contribution in [-0.2, 0) is 19.6 Å². The van der Waals surface area contributed by atoms with E-state index in [0.29, 0.717) is 5.71 Å². The summed E-state index contributed by atoms with van der Waals surface area (Å²) in [6, 6.07) is 0. The SMILES string of the molecule is CCCCCCCCCCCCCCCCCCC1=CC(CCCCCCCCCCCCCCCCCC)C(=O)C(C(=O)N=C2C=CC(=NS(C)(=O)=O)C=C2)=C1. The summed E-state index contributed by atoms with van der Waals surface area (Å²) in [5.41, 5.74) is 1.92. The first-order chi connectivity index (χ1) is 27.7. The summed E-state index contributed by atoms with van der Waals surface area (Å²) in [4.78, 5) is 31.3. The molecule has 6 nitrogen and oxygen atoms in total. The Morgan fingerprint density at radius 2 is 0.877 bits per heavy atom. The van der Waals surface area contributed by atoms with Gasteiger partial charge in [0, 0.05) is 5.92 Å². The number of nitrogens with zero attached hydrogens (tertiary/aromatic N) is 2. The highest BCUT2D eigenvalue weighted by Crippen LogP contribution is 2.28. The van der Waals surface area contributed by atoms with E-state index in [9.17, 15) is 18.0 Å². The van der Waals surface area contributed by atoms with Gasteiger partial charge in [-0.3, -0.25) is 9.59 Å². The molecule has 0 aromatic heterocycles. The lowest BCUT2D eigenvalue weighted by molar-refractivity contribution is -0.122. The highest BCUT2D eigenvalue weighted by molar-refractivity contribution is 7.89. The predicted molar refractivity (Wildman–Crippen MR) is 246 cm³/mol. The van der Waals surface area contributed by atoms with E-state index in [1.165, 1.54) is 198 Å². The molecule has 324 valence electrons. The Bertz CT molecular complexity index is 1380. The maximum atomic E-state index is 13.7. The summed E-state index contributed by atoms with van der Waals surface area (Å²) in [6.07, 6.45) is 55.2. The van der Waals surface area contributed by atoms with E-state index in [0.717, 1.165) is 43.9 Å². The van der Waals surface area contributed by atoms with E-state index in [2.05, 4.69) is 29.3 Å². The first-order valence-corrected chi connectivity index (χ1v) is 25.8. The Balaban J connectivity index is 1.75. The van der Waals surface area contributed by atoms with Crippen molar-refractivity contribution in [3.05, 3.63) is 47.6 Å². The van der Waals surface area contributed by atoms with E-state index in [1.807, 2.05) is 0 Å². The average molecular weight is 809 g/mol. The van der Waals surface area contributed by atoms with Gasteiger partial charge in [-0.15, -0.1) is 0 Å². The molecule has 2 rings (SSSR count). The van der Waals surface area contributed by atoms with Gasteiger partial charge in [0.15, 0.2) is 5.78 Å². The van der Waals surface area contributed by atoms with E-state index >= 15 is 0 Å². The van der Waals surface area contributed by atoms with Crippen LogP contribution in [0.15, 0.2) is 57.0 Å². The van der Waals surface area contributed by atoms with Crippen LogP contribution in [0.5, 0.6) is 0 Å². The molecule has 2 aliphatic rings. The minimum atomic E-state index is -3.53. The normalized spacial score (nSPS) is 15.6. The van der Waals surface area contributed by atoms with Crippen LogP contribution in [0.4, 0.5) is 0 Å². The third kappa shape index (κ3) is 27.1. The zero-order valence-electron chi connectivity index (χ0n) is 37.0. The number of carbonyl (C=O) groups excluding carboxylic acids is 2. The molecule has 2 aliphatic carbocycles. The van der Waals surface area contributed by atoms with Crippen LogP contribution in [0, 0.1) is 5.92 Å². The fourth-order valence-electron chi connectivity index (χ4n) is 8.12. The van der Waals surface area contributed by atoms with Gasteiger partial charge in [-0.2, -0.15) is 4.40 Å². The molecule has 0 aromatic rings.